The van der Waals surface area contributed by atoms with Crippen LogP contribution in [0.3, 0.4) is 0 Å². The molecule has 20 heavy (non-hydrogen) atoms. The highest BCUT2D eigenvalue weighted by molar-refractivity contribution is 5.29. The summed E-state index contributed by atoms with van der Waals surface area (Å²) in [5, 5.41) is 3.01. The quantitative estimate of drug-likeness (QED) is 0.871. The first-order valence-electron chi connectivity index (χ1n) is 7.20. The second-order valence-corrected chi connectivity index (χ2v) is 5.53. The third kappa shape index (κ3) is 3.72. The Balaban J connectivity index is 2.10. The first kappa shape index (κ1) is 15.3. The van der Waals surface area contributed by atoms with Crippen LogP contribution in [0.1, 0.15) is 55.7 Å². The van der Waals surface area contributed by atoms with Crippen LogP contribution in [0.25, 0.3) is 0 Å². The zero-order chi connectivity index (χ0) is 14.6. The highest BCUT2D eigenvalue weighted by Crippen LogP contribution is 2.37. The summed E-state index contributed by atoms with van der Waals surface area (Å²) in [5.74, 6) is 0.678. The van der Waals surface area contributed by atoms with Crippen molar-refractivity contribution >= 4 is 0 Å². The largest absolute Gasteiger partial charge is 0.416 e. The summed E-state index contributed by atoms with van der Waals surface area (Å²) in [5.41, 5.74) is -0.307. The van der Waals surface area contributed by atoms with Gasteiger partial charge in [0.2, 0.25) is 0 Å². The minimum Gasteiger partial charge on any atom is -0.313 e. The number of nitrogens with zero attached hydrogens (tertiary/aromatic N) is 1. The number of alkyl halides is 3. The number of halogens is 3. The Morgan fingerprint density at radius 2 is 2.05 bits per heavy atom. The molecule has 1 aliphatic rings. The van der Waals surface area contributed by atoms with Crippen LogP contribution in [0.15, 0.2) is 18.5 Å². The van der Waals surface area contributed by atoms with Crippen LogP contribution in [-0.2, 0) is 6.18 Å². The second kappa shape index (κ2) is 6.57. The number of hydrogen-bond acceptors (Lipinski definition) is 2. The van der Waals surface area contributed by atoms with Crippen molar-refractivity contribution in [1.29, 1.82) is 0 Å². The molecule has 0 radical (unpaired) electrons. The molecule has 2 nitrogen and oxygen atoms in total. The minimum absolute atomic E-state index is 0.264. The molecule has 0 amide bonds. The van der Waals surface area contributed by atoms with Gasteiger partial charge >= 0.3 is 6.18 Å². The van der Waals surface area contributed by atoms with E-state index in [0.29, 0.717) is 5.92 Å². The van der Waals surface area contributed by atoms with Crippen molar-refractivity contribution in [3.63, 3.8) is 0 Å². The lowest BCUT2D eigenvalue weighted by atomic mass is 9.93. The first-order chi connectivity index (χ1) is 9.52. The van der Waals surface area contributed by atoms with Crippen LogP contribution in [0.4, 0.5) is 13.2 Å². The Hall–Kier alpha value is -1.10. The van der Waals surface area contributed by atoms with Gasteiger partial charge in [-0.2, -0.15) is 13.2 Å². The van der Waals surface area contributed by atoms with Gasteiger partial charge in [0.15, 0.2) is 0 Å². The van der Waals surface area contributed by atoms with Crippen LogP contribution in [0, 0.1) is 5.92 Å². The number of hydrogen-bond donors (Lipinski definition) is 1. The molecule has 5 heteroatoms. The van der Waals surface area contributed by atoms with Gasteiger partial charge in [0.05, 0.1) is 5.56 Å². The maximum Gasteiger partial charge on any atom is 0.416 e. The molecule has 0 aromatic carbocycles. The Bertz CT molecular complexity index is 425. The summed E-state index contributed by atoms with van der Waals surface area (Å²) in [6, 6.07) is 0.788. The molecular weight excluding hydrogens is 265 g/mol. The second-order valence-electron chi connectivity index (χ2n) is 5.53. The van der Waals surface area contributed by atoms with Crippen LogP contribution >= 0.6 is 0 Å². The third-order valence-corrected chi connectivity index (χ3v) is 4.22. The van der Waals surface area contributed by atoms with E-state index < -0.39 is 11.7 Å². The molecule has 1 unspecified atom stereocenters. The number of rotatable bonds is 5. The van der Waals surface area contributed by atoms with E-state index >= 15 is 0 Å². The van der Waals surface area contributed by atoms with E-state index in [4.69, 9.17) is 0 Å². The SMILES string of the molecule is CNC(CCC1CCCC1)c1cnccc1C(F)(F)F. The van der Waals surface area contributed by atoms with Crippen molar-refractivity contribution in [1.82, 2.24) is 10.3 Å². The van der Waals surface area contributed by atoms with Gasteiger partial charge in [-0.25, -0.2) is 0 Å². The molecule has 1 aliphatic carbocycles. The Morgan fingerprint density at radius 1 is 1.35 bits per heavy atom. The van der Waals surface area contributed by atoms with E-state index in [-0.39, 0.29) is 11.6 Å². The van der Waals surface area contributed by atoms with Gasteiger partial charge in [-0.15, -0.1) is 0 Å². The molecule has 1 atom stereocenters. The molecule has 1 N–H and O–H groups in total. The smallest absolute Gasteiger partial charge is 0.313 e. The molecule has 112 valence electrons. The minimum atomic E-state index is -4.32. The first-order valence-corrected chi connectivity index (χ1v) is 7.20. The average Bonchev–Trinajstić information content (AvgIpc) is 2.92. The highest BCUT2D eigenvalue weighted by atomic mass is 19.4. The van der Waals surface area contributed by atoms with Gasteiger partial charge in [0, 0.05) is 18.4 Å². The van der Waals surface area contributed by atoms with Crippen LogP contribution < -0.4 is 5.32 Å². The lowest BCUT2D eigenvalue weighted by Gasteiger charge is -2.22. The number of aromatic nitrogens is 1. The standard InChI is InChI=1S/C15H21F3N2/c1-19-14(7-6-11-4-2-3-5-11)12-10-20-9-8-13(12)15(16,17)18/h8-11,14,19H,2-7H2,1H3. The van der Waals surface area contributed by atoms with Gasteiger partial charge in [0.25, 0.3) is 0 Å². The number of nitrogens with one attached hydrogen (secondary N) is 1. The highest BCUT2D eigenvalue weighted by Gasteiger charge is 2.35. The lowest BCUT2D eigenvalue weighted by Crippen LogP contribution is -2.22. The summed E-state index contributed by atoms with van der Waals surface area (Å²) >= 11 is 0. The van der Waals surface area contributed by atoms with Crippen molar-refractivity contribution in [2.75, 3.05) is 7.05 Å². The molecule has 1 aromatic rings. The van der Waals surface area contributed by atoms with Crippen molar-refractivity contribution in [2.24, 2.45) is 5.92 Å². The van der Waals surface area contributed by atoms with E-state index in [1.54, 1.807) is 7.05 Å². The number of pyridine rings is 1. The zero-order valence-electron chi connectivity index (χ0n) is 11.7. The summed E-state index contributed by atoms with van der Waals surface area (Å²) in [4.78, 5) is 3.87. The monoisotopic (exact) mass is 286 g/mol. The zero-order valence-corrected chi connectivity index (χ0v) is 11.7. The molecular formula is C15H21F3N2. The summed E-state index contributed by atoms with van der Waals surface area (Å²) in [6.07, 6.45) is 4.90. The molecule has 0 aliphatic heterocycles. The molecule has 1 fully saturated rings. The van der Waals surface area contributed by atoms with Gasteiger partial charge in [0.1, 0.15) is 0 Å². The van der Waals surface area contributed by atoms with E-state index in [0.717, 1.165) is 18.9 Å². The molecule has 0 spiro atoms. The van der Waals surface area contributed by atoms with Gasteiger partial charge < -0.3 is 5.32 Å². The molecule has 0 saturated heterocycles. The van der Waals surface area contributed by atoms with E-state index in [2.05, 4.69) is 10.3 Å². The predicted molar refractivity (Wildman–Crippen MR) is 72.2 cm³/mol. The Kier molecular flexibility index (Phi) is 5.02. The van der Waals surface area contributed by atoms with E-state index in [1.165, 1.54) is 38.1 Å². The maximum atomic E-state index is 13.0. The van der Waals surface area contributed by atoms with Crippen LogP contribution in [-0.4, -0.2) is 12.0 Å². The van der Waals surface area contributed by atoms with Crippen LogP contribution in [0.2, 0.25) is 0 Å². The Labute approximate surface area is 117 Å². The van der Waals surface area contributed by atoms with Gasteiger partial charge in [-0.3, -0.25) is 4.98 Å². The van der Waals surface area contributed by atoms with E-state index in [9.17, 15) is 13.2 Å². The summed E-state index contributed by atoms with van der Waals surface area (Å²) < 4.78 is 39.1. The fourth-order valence-corrected chi connectivity index (χ4v) is 3.10. The van der Waals surface area contributed by atoms with Crippen molar-refractivity contribution in [3.05, 3.63) is 29.6 Å². The fraction of sp³-hybridized carbons (Fsp3) is 0.667. The Morgan fingerprint density at radius 3 is 2.65 bits per heavy atom. The lowest BCUT2D eigenvalue weighted by molar-refractivity contribution is -0.138. The maximum absolute atomic E-state index is 13.0. The normalized spacial score (nSPS) is 18.4. The molecule has 1 heterocycles. The molecule has 1 aromatic heterocycles. The van der Waals surface area contributed by atoms with E-state index in [1.807, 2.05) is 0 Å². The fourth-order valence-electron chi connectivity index (χ4n) is 3.10. The van der Waals surface area contributed by atoms with Crippen molar-refractivity contribution in [2.45, 2.75) is 50.7 Å². The topological polar surface area (TPSA) is 24.9 Å². The van der Waals surface area contributed by atoms with Gasteiger partial charge in [-0.1, -0.05) is 25.7 Å². The molecule has 0 bridgehead atoms. The van der Waals surface area contributed by atoms with Crippen LogP contribution in [0.5, 0.6) is 0 Å². The molecule has 1 saturated carbocycles. The summed E-state index contributed by atoms with van der Waals surface area (Å²) in [7, 11) is 1.71. The molecule has 2 rings (SSSR count). The van der Waals surface area contributed by atoms with Crippen molar-refractivity contribution < 1.29 is 13.2 Å². The third-order valence-electron chi connectivity index (χ3n) is 4.22. The average molecular weight is 286 g/mol. The van der Waals surface area contributed by atoms with Crippen molar-refractivity contribution in [3.8, 4) is 0 Å². The summed E-state index contributed by atoms with van der Waals surface area (Å²) in [6.45, 7) is 0. The predicted octanol–water partition coefficient (Wildman–Crippen LogP) is 4.33. The van der Waals surface area contributed by atoms with Gasteiger partial charge in [-0.05, 0) is 37.4 Å².